The average Bonchev–Trinajstić information content (AvgIpc) is 2.79. The number of benzene rings is 3. The Kier molecular flexibility index (Phi) is 5.64. The Morgan fingerprint density at radius 2 is 1.81 bits per heavy atom. The number of hydrogen-bond donors (Lipinski definition) is 1. The van der Waals surface area contributed by atoms with Gasteiger partial charge in [-0.25, -0.2) is 0 Å². The first-order valence-electron chi connectivity index (χ1n) is 10.4. The summed E-state index contributed by atoms with van der Waals surface area (Å²) in [6.45, 7) is 3.69. The van der Waals surface area contributed by atoms with Gasteiger partial charge >= 0.3 is 0 Å². The van der Waals surface area contributed by atoms with Crippen LogP contribution in [0, 0.1) is 11.3 Å². The van der Waals surface area contributed by atoms with E-state index in [4.69, 9.17) is 10.00 Å². The van der Waals surface area contributed by atoms with Crippen molar-refractivity contribution in [3.63, 3.8) is 0 Å². The van der Waals surface area contributed by atoms with E-state index in [1.54, 1.807) is 14.0 Å². The Morgan fingerprint density at radius 1 is 1.10 bits per heavy atom. The number of hydrogen-bond acceptors (Lipinski definition) is 4. The number of carbonyl (C=O) groups is 1. The highest BCUT2D eigenvalue weighted by Crippen LogP contribution is 2.42. The third-order valence-electron chi connectivity index (χ3n) is 5.80. The fraction of sp³-hybridized carbons (Fsp3) is 0.231. The lowest BCUT2D eigenvalue weighted by atomic mass is 9.88. The van der Waals surface area contributed by atoms with Gasteiger partial charge in [0, 0.05) is 18.7 Å². The molecule has 0 fully saturated rings. The van der Waals surface area contributed by atoms with Gasteiger partial charge in [0.05, 0.1) is 30.5 Å². The van der Waals surface area contributed by atoms with Crippen LogP contribution in [0.2, 0.25) is 0 Å². The van der Waals surface area contributed by atoms with Crippen LogP contribution >= 0.6 is 0 Å². The molecule has 5 nitrogen and oxygen atoms in total. The van der Waals surface area contributed by atoms with Gasteiger partial charge in [0.25, 0.3) is 0 Å². The maximum atomic E-state index is 12.4. The van der Waals surface area contributed by atoms with Gasteiger partial charge in [0.15, 0.2) is 0 Å². The van der Waals surface area contributed by atoms with Crippen molar-refractivity contribution in [3.8, 4) is 22.9 Å². The van der Waals surface area contributed by atoms with Crippen LogP contribution in [0.4, 0.5) is 11.4 Å². The summed E-state index contributed by atoms with van der Waals surface area (Å²) in [5, 5.41) is 12.7. The molecule has 1 heterocycles. The first-order valence-corrected chi connectivity index (χ1v) is 10.4. The predicted molar refractivity (Wildman–Crippen MR) is 123 cm³/mol. The van der Waals surface area contributed by atoms with E-state index < -0.39 is 0 Å². The molecule has 0 spiro atoms. The first-order chi connectivity index (χ1) is 15.0. The normalized spacial score (nSPS) is 17.4. The van der Waals surface area contributed by atoms with Gasteiger partial charge in [0.1, 0.15) is 5.75 Å². The Morgan fingerprint density at radius 3 is 2.48 bits per heavy atom. The van der Waals surface area contributed by atoms with Crippen molar-refractivity contribution in [2.45, 2.75) is 32.4 Å². The van der Waals surface area contributed by atoms with Gasteiger partial charge in [-0.3, -0.25) is 4.79 Å². The van der Waals surface area contributed by atoms with Crippen molar-refractivity contribution in [1.82, 2.24) is 0 Å². The van der Waals surface area contributed by atoms with Gasteiger partial charge in [-0.05, 0) is 66.4 Å². The zero-order chi connectivity index (χ0) is 22.0. The molecule has 0 bridgehead atoms. The summed E-state index contributed by atoms with van der Waals surface area (Å²) in [5.74, 6) is 0.824. The Labute approximate surface area is 182 Å². The zero-order valence-electron chi connectivity index (χ0n) is 17.9. The molecule has 0 saturated heterocycles. The monoisotopic (exact) mass is 411 g/mol. The number of ether oxygens (including phenoxy) is 1. The number of nitrogens with one attached hydrogen (secondary N) is 1. The summed E-state index contributed by atoms with van der Waals surface area (Å²) in [6, 6.07) is 23.9. The molecular formula is C26H25N3O2. The van der Waals surface area contributed by atoms with Crippen LogP contribution in [0.15, 0.2) is 66.7 Å². The molecule has 0 aromatic heterocycles. The molecule has 3 aromatic carbocycles. The number of amides is 1. The van der Waals surface area contributed by atoms with E-state index in [1.165, 1.54) is 0 Å². The zero-order valence-corrected chi connectivity index (χ0v) is 17.9. The summed E-state index contributed by atoms with van der Waals surface area (Å²) < 4.78 is 5.52. The topological polar surface area (TPSA) is 65.4 Å². The third-order valence-corrected chi connectivity index (χ3v) is 5.80. The highest BCUT2D eigenvalue weighted by Gasteiger charge is 2.33. The maximum Gasteiger partial charge on any atom is 0.224 e. The van der Waals surface area contributed by atoms with E-state index in [0.29, 0.717) is 5.56 Å². The summed E-state index contributed by atoms with van der Waals surface area (Å²) >= 11 is 0. The van der Waals surface area contributed by atoms with Crippen LogP contribution in [0.1, 0.15) is 37.4 Å². The van der Waals surface area contributed by atoms with Crippen LogP contribution in [0.3, 0.4) is 0 Å². The molecule has 1 aliphatic heterocycles. The van der Waals surface area contributed by atoms with Crippen LogP contribution in [-0.2, 0) is 4.79 Å². The van der Waals surface area contributed by atoms with Gasteiger partial charge in [0.2, 0.25) is 5.91 Å². The second-order valence-corrected chi connectivity index (χ2v) is 7.83. The Balaban J connectivity index is 1.78. The summed E-state index contributed by atoms with van der Waals surface area (Å²) in [4.78, 5) is 14.3. The molecule has 2 atom stereocenters. The van der Waals surface area contributed by atoms with Crippen molar-refractivity contribution in [1.29, 1.82) is 5.26 Å². The summed E-state index contributed by atoms with van der Waals surface area (Å²) in [7, 11) is 1.67. The van der Waals surface area contributed by atoms with E-state index in [-0.39, 0.29) is 18.0 Å². The number of nitriles is 1. The lowest BCUT2D eigenvalue weighted by Crippen LogP contribution is -2.43. The van der Waals surface area contributed by atoms with Gasteiger partial charge in [-0.2, -0.15) is 5.26 Å². The molecule has 0 unspecified atom stereocenters. The molecule has 0 radical (unpaired) electrons. The minimum Gasteiger partial charge on any atom is -0.495 e. The SMILES string of the molecule is COc1ccccc1N[C@H]1C[C@@H](C)N(C(C)=O)c2ccc(-c3ccc(C#N)cc3)cc21. The molecule has 0 aliphatic carbocycles. The van der Waals surface area contributed by atoms with Crippen LogP contribution < -0.4 is 15.0 Å². The Hall–Kier alpha value is -3.78. The molecule has 0 saturated carbocycles. The minimum absolute atomic E-state index is 0.0234. The highest BCUT2D eigenvalue weighted by atomic mass is 16.5. The molecule has 5 heteroatoms. The first kappa shape index (κ1) is 20.5. The minimum atomic E-state index is 0.0234. The highest BCUT2D eigenvalue weighted by molar-refractivity contribution is 5.94. The molecule has 31 heavy (non-hydrogen) atoms. The maximum absolute atomic E-state index is 12.4. The summed E-state index contributed by atoms with van der Waals surface area (Å²) in [6.07, 6.45) is 0.779. The number of rotatable bonds is 4. The number of para-hydroxylation sites is 2. The number of carbonyl (C=O) groups excluding carboxylic acids is 1. The van der Waals surface area contributed by atoms with Crippen LogP contribution in [0.5, 0.6) is 5.75 Å². The van der Waals surface area contributed by atoms with Crippen LogP contribution in [0.25, 0.3) is 11.1 Å². The van der Waals surface area contributed by atoms with Gasteiger partial charge in [-0.15, -0.1) is 0 Å². The number of methoxy groups -OCH3 is 1. The lowest BCUT2D eigenvalue weighted by molar-refractivity contribution is -0.117. The van der Waals surface area contributed by atoms with Crippen molar-refractivity contribution in [2.75, 3.05) is 17.3 Å². The number of nitrogens with zero attached hydrogens (tertiary/aromatic N) is 2. The largest absolute Gasteiger partial charge is 0.495 e. The van der Waals surface area contributed by atoms with E-state index >= 15 is 0 Å². The quantitative estimate of drug-likeness (QED) is 0.613. The molecule has 1 amide bonds. The van der Waals surface area contributed by atoms with Gasteiger partial charge in [-0.1, -0.05) is 30.3 Å². The van der Waals surface area contributed by atoms with Gasteiger partial charge < -0.3 is 15.0 Å². The second-order valence-electron chi connectivity index (χ2n) is 7.83. The van der Waals surface area contributed by atoms with E-state index in [2.05, 4.69) is 24.4 Å². The number of fused-ring (bicyclic) bond motifs is 1. The lowest BCUT2D eigenvalue weighted by Gasteiger charge is -2.40. The van der Waals surface area contributed by atoms with Crippen molar-refractivity contribution < 1.29 is 9.53 Å². The molecule has 3 aromatic rings. The molecule has 4 rings (SSSR count). The van der Waals surface area contributed by atoms with E-state index in [0.717, 1.165) is 40.2 Å². The number of anilines is 2. The standard InChI is InChI=1S/C26H25N3O2/c1-17-14-24(28-23-6-4-5-7-26(23)31-3)22-15-21(12-13-25(22)29(17)18(2)30)20-10-8-19(16-27)9-11-20/h4-13,15,17,24,28H,14H2,1-3H3/t17-,24+/m1/s1. The third kappa shape index (κ3) is 3.97. The molecular weight excluding hydrogens is 386 g/mol. The van der Waals surface area contributed by atoms with Crippen LogP contribution in [-0.4, -0.2) is 19.1 Å². The molecule has 156 valence electrons. The predicted octanol–water partition coefficient (Wildman–Crippen LogP) is 5.53. The summed E-state index contributed by atoms with van der Waals surface area (Å²) in [5.41, 5.74) is 5.64. The fourth-order valence-electron chi connectivity index (χ4n) is 4.35. The van der Waals surface area contributed by atoms with Crippen molar-refractivity contribution in [3.05, 3.63) is 77.9 Å². The van der Waals surface area contributed by atoms with E-state index in [9.17, 15) is 4.79 Å². The second kappa shape index (κ2) is 8.53. The van der Waals surface area contributed by atoms with E-state index in [1.807, 2.05) is 65.6 Å². The smallest absolute Gasteiger partial charge is 0.224 e. The average molecular weight is 412 g/mol. The van der Waals surface area contributed by atoms with Crippen molar-refractivity contribution in [2.24, 2.45) is 0 Å². The molecule has 1 aliphatic rings. The molecule has 1 N–H and O–H groups in total. The fourth-order valence-corrected chi connectivity index (χ4v) is 4.35. The Bertz CT molecular complexity index is 1150. The van der Waals surface area contributed by atoms with Crippen molar-refractivity contribution >= 4 is 17.3 Å².